The second-order valence-corrected chi connectivity index (χ2v) is 6.62. The monoisotopic (exact) mass is 410 g/mol. The van der Waals surface area contributed by atoms with Crippen LogP contribution >= 0.6 is 0 Å². The molecule has 2 N–H and O–H groups in total. The fraction of sp³-hybridized carbons (Fsp3) is 0.130. The Morgan fingerprint density at radius 1 is 0.933 bits per heavy atom. The summed E-state index contributed by atoms with van der Waals surface area (Å²) in [5.74, 6) is -0.661. The smallest absolute Gasteiger partial charge is 0.387 e. The molecule has 0 fully saturated rings. The van der Waals surface area contributed by atoms with Gasteiger partial charge in [0, 0.05) is 5.69 Å². The van der Waals surface area contributed by atoms with E-state index in [1.54, 1.807) is 30.3 Å². The van der Waals surface area contributed by atoms with E-state index < -0.39 is 6.61 Å². The number of para-hydroxylation sites is 1. The van der Waals surface area contributed by atoms with E-state index >= 15 is 0 Å². The molecule has 0 saturated carbocycles. The summed E-state index contributed by atoms with van der Waals surface area (Å²) >= 11 is 0. The summed E-state index contributed by atoms with van der Waals surface area (Å²) in [6, 6.07) is 19.9. The summed E-state index contributed by atoms with van der Waals surface area (Å²) in [6.07, 6.45) is 0.0167. The third-order valence-electron chi connectivity index (χ3n) is 4.23. The quantitative estimate of drug-likeness (QED) is 0.574. The van der Waals surface area contributed by atoms with Crippen molar-refractivity contribution in [3.05, 3.63) is 89.5 Å². The van der Waals surface area contributed by atoms with E-state index in [0.717, 1.165) is 5.56 Å². The van der Waals surface area contributed by atoms with E-state index in [1.165, 1.54) is 24.3 Å². The number of carbonyl (C=O) groups excluding carboxylic acids is 2. The van der Waals surface area contributed by atoms with Gasteiger partial charge >= 0.3 is 6.61 Å². The van der Waals surface area contributed by atoms with Gasteiger partial charge in [0.2, 0.25) is 5.91 Å². The van der Waals surface area contributed by atoms with Gasteiger partial charge in [-0.1, -0.05) is 36.4 Å². The van der Waals surface area contributed by atoms with Crippen LogP contribution in [0, 0.1) is 6.92 Å². The minimum Gasteiger partial charge on any atom is -0.435 e. The standard InChI is InChI=1S/C23H20F2N2O3/c1-15-5-4-6-17(13-15)26-22(29)19-7-2-3-8-20(19)27-21(28)14-16-9-11-18(12-10-16)30-23(24)25/h2-13,23H,14H2,1H3,(H,26,29)(H,27,28). The van der Waals surface area contributed by atoms with Crippen LogP contribution in [-0.4, -0.2) is 18.4 Å². The van der Waals surface area contributed by atoms with Crippen molar-refractivity contribution in [2.45, 2.75) is 20.0 Å². The first-order chi connectivity index (χ1) is 14.4. The lowest BCUT2D eigenvalue weighted by Gasteiger charge is -2.12. The minimum atomic E-state index is -2.90. The van der Waals surface area contributed by atoms with E-state index in [-0.39, 0.29) is 24.0 Å². The van der Waals surface area contributed by atoms with Crippen LogP contribution in [0.25, 0.3) is 0 Å². The molecule has 154 valence electrons. The molecule has 0 unspecified atom stereocenters. The van der Waals surface area contributed by atoms with Crippen molar-refractivity contribution in [2.75, 3.05) is 10.6 Å². The van der Waals surface area contributed by atoms with E-state index in [2.05, 4.69) is 15.4 Å². The van der Waals surface area contributed by atoms with Crippen LogP contribution in [0.4, 0.5) is 20.2 Å². The number of carbonyl (C=O) groups is 2. The summed E-state index contributed by atoms with van der Waals surface area (Å²) < 4.78 is 28.7. The van der Waals surface area contributed by atoms with Gasteiger partial charge in [0.15, 0.2) is 0 Å². The number of amides is 2. The number of aryl methyl sites for hydroxylation is 1. The molecule has 2 amide bonds. The molecule has 3 rings (SSSR count). The molecule has 0 atom stereocenters. The van der Waals surface area contributed by atoms with E-state index in [9.17, 15) is 18.4 Å². The van der Waals surface area contributed by atoms with Crippen molar-refractivity contribution in [1.29, 1.82) is 0 Å². The number of benzene rings is 3. The van der Waals surface area contributed by atoms with Crippen molar-refractivity contribution >= 4 is 23.2 Å². The van der Waals surface area contributed by atoms with Gasteiger partial charge in [-0.2, -0.15) is 8.78 Å². The molecule has 30 heavy (non-hydrogen) atoms. The number of nitrogens with one attached hydrogen (secondary N) is 2. The van der Waals surface area contributed by atoms with Crippen LogP contribution < -0.4 is 15.4 Å². The largest absolute Gasteiger partial charge is 0.435 e. The maximum atomic E-state index is 12.7. The molecule has 7 heteroatoms. The average Bonchev–Trinajstić information content (AvgIpc) is 2.69. The number of alkyl halides is 2. The Labute approximate surface area is 172 Å². The maximum absolute atomic E-state index is 12.7. The highest BCUT2D eigenvalue weighted by atomic mass is 19.3. The van der Waals surface area contributed by atoms with E-state index in [1.807, 2.05) is 25.1 Å². The third kappa shape index (κ3) is 5.88. The topological polar surface area (TPSA) is 67.4 Å². The summed E-state index contributed by atoms with van der Waals surface area (Å²) in [4.78, 5) is 25.1. The van der Waals surface area contributed by atoms with Crippen molar-refractivity contribution in [2.24, 2.45) is 0 Å². The highest BCUT2D eigenvalue weighted by molar-refractivity contribution is 6.10. The summed E-state index contributed by atoms with van der Waals surface area (Å²) in [5.41, 5.74) is 3.00. The van der Waals surface area contributed by atoms with Crippen molar-refractivity contribution in [1.82, 2.24) is 0 Å². The molecule has 0 heterocycles. The molecule has 0 aliphatic carbocycles. The fourth-order valence-electron chi connectivity index (χ4n) is 2.88. The molecule has 0 saturated heterocycles. The van der Waals surface area contributed by atoms with Crippen LogP contribution in [0.15, 0.2) is 72.8 Å². The number of rotatable bonds is 7. The second-order valence-electron chi connectivity index (χ2n) is 6.62. The predicted octanol–water partition coefficient (Wildman–Crippen LogP) is 5.03. The molecule has 3 aromatic rings. The Morgan fingerprint density at radius 3 is 2.37 bits per heavy atom. The normalized spacial score (nSPS) is 10.5. The summed E-state index contributed by atoms with van der Waals surface area (Å²) in [5, 5.41) is 5.55. The highest BCUT2D eigenvalue weighted by Crippen LogP contribution is 2.19. The first kappa shape index (κ1) is 21.0. The Kier molecular flexibility index (Phi) is 6.75. The van der Waals surface area contributed by atoms with Crippen molar-refractivity contribution in [3.63, 3.8) is 0 Å². The zero-order valence-electron chi connectivity index (χ0n) is 16.2. The Hall–Kier alpha value is -3.74. The summed E-state index contributed by atoms with van der Waals surface area (Å²) in [7, 11) is 0. The molecular formula is C23H20F2N2O3. The number of halogens is 2. The van der Waals surface area contributed by atoms with Crippen LogP contribution in [0.5, 0.6) is 5.75 Å². The SMILES string of the molecule is Cc1cccc(NC(=O)c2ccccc2NC(=O)Cc2ccc(OC(F)F)cc2)c1. The Bertz CT molecular complexity index is 1040. The van der Waals surface area contributed by atoms with E-state index in [4.69, 9.17) is 0 Å². The predicted molar refractivity (Wildman–Crippen MR) is 111 cm³/mol. The molecule has 0 aromatic heterocycles. The van der Waals surface area contributed by atoms with E-state index in [0.29, 0.717) is 22.5 Å². The van der Waals surface area contributed by atoms with Crippen LogP contribution in [0.1, 0.15) is 21.5 Å². The van der Waals surface area contributed by atoms with Crippen LogP contribution in [0.2, 0.25) is 0 Å². The van der Waals surface area contributed by atoms with Crippen molar-refractivity contribution < 1.29 is 23.1 Å². The molecule has 3 aromatic carbocycles. The van der Waals surface area contributed by atoms with Gasteiger partial charge in [-0.05, 0) is 54.4 Å². The average molecular weight is 410 g/mol. The molecular weight excluding hydrogens is 390 g/mol. The van der Waals surface area contributed by atoms with Crippen molar-refractivity contribution in [3.8, 4) is 5.75 Å². The van der Waals surface area contributed by atoms with Crippen LogP contribution in [-0.2, 0) is 11.2 Å². The number of hydrogen-bond donors (Lipinski definition) is 2. The fourth-order valence-corrected chi connectivity index (χ4v) is 2.88. The van der Waals surface area contributed by atoms with Gasteiger partial charge in [-0.25, -0.2) is 0 Å². The third-order valence-corrected chi connectivity index (χ3v) is 4.23. The van der Waals surface area contributed by atoms with Gasteiger partial charge in [0.05, 0.1) is 17.7 Å². The molecule has 0 aliphatic heterocycles. The number of anilines is 2. The summed E-state index contributed by atoms with van der Waals surface area (Å²) in [6.45, 7) is -0.975. The Balaban J connectivity index is 1.66. The van der Waals surface area contributed by atoms with Gasteiger partial charge < -0.3 is 15.4 Å². The van der Waals surface area contributed by atoms with Crippen LogP contribution in [0.3, 0.4) is 0 Å². The molecule has 0 radical (unpaired) electrons. The molecule has 0 bridgehead atoms. The second kappa shape index (κ2) is 9.65. The van der Waals surface area contributed by atoms with Gasteiger partial charge in [0.25, 0.3) is 5.91 Å². The molecule has 0 aliphatic rings. The molecule has 0 spiro atoms. The number of hydrogen-bond acceptors (Lipinski definition) is 3. The number of ether oxygens (including phenoxy) is 1. The maximum Gasteiger partial charge on any atom is 0.387 e. The molecule has 5 nitrogen and oxygen atoms in total. The lowest BCUT2D eigenvalue weighted by Crippen LogP contribution is -2.19. The van der Waals surface area contributed by atoms with Gasteiger partial charge in [-0.3, -0.25) is 9.59 Å². The first-order valence-corrected chi connectivity index (χ1v) is 9.21. The zero-order valence-corrected chi connectivity index (χ0v) is 16.2. The van der Waals surface area contributed by atoms with Gasteiger partial charge in [0.1, 0.15) is 5.75 Å². The zero-order chi connectivity index (χ0) is 21.5. The Morgan fingerprint density at radius 2 is 1.67 bits per heavy atom. The lowest BCUT2D eigenvalue weighted by molar-refractivity contribution is -0.115. The first-order valence-electron chi connectivity index (χ1n) is 9.21. The minimum absolute atomic E-state index is 0.0167. The lowest BCUT2D eigenvalue weighted by atomic mass is 10.1. The van der Waals surface area contributed by atoms with Gasteiger partial charge in [-0.15, -0.1) is 0 Å². The highest BCUT2D eigenvalue weighted by Gasteiger charge is 2.14.